The number of ether oxygens (including phenoxy) is 1. The highest BCUT2D eigenvalue weighted by atomic mass is 19.1. The van der Waals surface area contributed by atoms with Crippen molar-refractivity contribution in [2.45, 2.75) is 76.7 Å². The second kappa shape index (κ2) is 11.4. The molecule has 5 rings (SSSR count). The van der Waals surface area contributed by atoms with Gasteiger partial charge in [-0.1, -0.05) is 30.7 Å². The lowest BCUT2D eigenvalue weighted by molar-refractivity contribution is -0.116. The fourth-order valence-corrected chi connectivity index (χ4v) is 5.03. The summed E-state index contributed by atoms with van der Waals surface area (Å²) < 4.78 is 20.1. The highest BCUT2D eigenvalue weighted by Crippen LogP contribution is 2.32. The molecule has 0 bridgehead atoms. The van der Waals surface area contributed by atoms with E-state index < -0.39 is 0 Å². The molecule has 0 spiro atoms. The number of nitrogens with zero attached hydrogens (tertiary/aromatic N) is 4. The second-order valence-electron chi connectivity index (χ2n) is 10.4. The van der Waals surface area contributed by atoms with Gasteiger partial charge in [-0.15, -0.1) is 0 Å². The molecule has 1 amide bonds. The first-order valence-corrected chi connectivity index (χ1v) is 13.4. The van der Waals surface area contributed by atoms with Gasteiger partial charge in [0.1, 0.15) is 5.82 Å². The third-order valence-corrected chi connectivity index (χ3v) is 7.55. The minimum atomic E-state index is -0.285. The molecule has 2 unspecified atom stereocenters. The largest absolute Gasteiger partial charge is 0.490 e. The summed E-state index contributed by atoms with van der Waals surface area (Å²) in [7, 11) is 0. The zero-order chi connectivity index (χ0) is 24.9. The van der Waals surface area contributed by atoms with E-state index in [4.69, 9.17) is 4.74 Å². The van der Waals surface area contributed by atoms with E-state index in [9.17, 15) is 9.18 Å². The van der Waals surface area contributed by atoms with Crippen molar-refractivity contribution in [1.29, 1.82) is 0 Å². The fourth-order valence-electron chi connectivity index (χ4n) is 5.03. The van der Waals surface area contributed by atoms with Crippen LogP contribution >= 0.6 is 0 Å². The van der Waals surface area contributed by atoms with E-state index in [2.05, 4.69) is 38.6 Å². The molecular formula is C28H36FN5O2. The van der Waals surface area contributed by atoms with Gasteiger partial charge in [-0.2, -0.15) is 5.11 Å². The van der Waals surface area contributed by atoms with Gasteiger partial charge in [-0.25, -0.2) is 9.37 Å². The minimum absolute atomic E-state index is 0.0479. The Labute approximate surface area is 212 Å². The standard InChI is InChI=1S/C28H36FN5O2/c1-2-21(22-9-11-25(29)26(14-22)36-18-19-7-8-19)17-34-24(16-31-33-34)6-4-3-5-20-13-23-10-12-27(35)32-28(23)30-15-20/h9,11,13-15,19,21,24H,2-8,10,12,16-18H2,1H3,(H,30,32,35). The van der Waals surface area contributed by atoms with Gasteiger partial charge >= 0.3 is 0 Å². The number of aryl methyl sites for hydroxylation is 2. The summed E-state index contributed by atoms with van der Waals surface area (Å²) in [5, 5.41) is 13.7. The molecule has 1 saturated carbocycles. The molecule has 1 N–H and O–H groups in total. The topological polar surface area (TPSA) is 79.2 Å². The first-order chi connectivity index (χ1) is 17.6. The lowest BCUT2D eigenvalue weighted by Gasteiger charge is -2.27. The van der Waals surface area contributed by atoms with Crippen LogP contribution in [0.15, 0.2) is 40.8 Å². The van der Waals surface area contributed by atoms with Crippen LogP contribution < -0.4 is 10.1 Å². The summed E-state index contributed by atoms with van der Waals surface area (Å²) in [5.41, 5.74) is 3.46. The number of carbonyl (C=O) groups excluding carboxylic acids is 1. The molecule has 192 valence electrons. The third-order valence-electron chi connectivity index (χ3n) is 7.55. The molecule has 1 aliphatic carbocycles. The van der Waals surface area contributed by atoms with E-state index >= 15 is 0 Å². The van der Waals surface area contributed by atoms with Crippen molar-refractivity contribution in [2.24, 2.45) is 16.3 Å². The number of unbranched alkanes of at least 4 members (excludes halogenated alkanes) is 1. The molecule has 3 heterocycles. The molecule has 3 aliphatic rings. The van der Waals surface area contributed by atoms with Gasteiger partial charge in [0.2, 0.25) is 5.91 Å². The molecule has 1 aromatic carbocycles. The third kappa shape index (κ3) is 6.20. The Kier molecular flexibility index (Phi) is 7.78. The van der Waals surface area contributed by atoms with Crippen LogP contribution in [-0.4, -0.2) is 41.6 Å². The first-order valence-electron chi connectivity index (χ1n) is 13.4. The van der Waals surface area contributed by atoms with Crippen molar-refractivity contribution >= 4 is 11.7 Å². The highest BCUT2D eigenvalue weighted by Gasteiger charge is 2.26. The average Bonchev–Trinajstić information content (AvgIpc) is 3.62. The Morgan fingerprint density at radius 2 is 2.11 bits per heavy atom. The lowest BCUT2D eigenvalue weighted by atomic mass is 9.95. The molecule has 1 fully saturated rings. The number of rotatable bonds is 12. The second-order valence-corrected chi connectivity index (χ2v) is 10.4. The SMILES string of the molecule is CCC(CN1N=NCC1CCCCc1cnc2c(c1)CCC(=O)N2)c1ccc(F)c(OCC2CC2)c1. The molecule has 7 nitrogen and oxygen atoms in total. The van der Waals surface area contributed by atoms with Crippen LogP contribution in [0, 0.1) is 11.7 Å². The molecule has 2 aromatic rings. The van der Waals surface area contributed by atoms with Gasteiger partial charge < -0.3 is 10.1 Å². The lowest BCUT2D eigenvalue weighted by Crippen LogP contribution is -2.32. The molecule has 36 heavy (non-hydrogen) atoms. The summed E-state index contributed by atoms with van der Waals surface area (Å²) in [6, 6.07) is 7.79. The quantitative estimate of drug-likeness (QED) is 0.376. The monoisotopic (exact) mass is 493 g/mol. The molecule has 1 aromatic heterocycles. The minimum Gasteiger partial charge on any atom is -0.490 e. The smallest absolute Gasteiger partial charge is 0.225 e. The predicted molar refractivity (Wildman–Crippen MR) is 137 cm³/mol. The molecular weight excluding hydrogens is 457 g/mol. The molecule has 2 aliphatic heterocycles. The number of benzene rings is 1. The Morgan fingerprint density at radius 1 is 1.22 bits per heavy atom. The van der Waals surface area contributed by atoms with E-state index in [0.717, 1.165) is 62.7 Å². The number of pyridine rings is 1. The van der Waals surface area contributed by atoms with Crippen LogP contribution in [-0.2, 0) is 17.6 Å². The van der Waals surface area contributed by atoms with Crippen LogP contribution in [0.2, 0.25) is 0 Å². The van der Waals surface area contributed by atoms with Crippen LogP contribution in [0.5, 0.6) is 5.75 Å². The van der Waals surface area contributed by atoms with E-state index in [1.54, 1.807) is 0 Å². The Hall–Kier alpha value is -3.03. The number of fused-ring (bicyclic) bond motifs is 1. The van der Waals surface area contributed by atoms with Gasteiger partial charge in [0, 0.05) is 25.1 Å². The Morgan fingerprint density at radius 3 is 2.94 bits per heavy atom. The number of aromatic nitrogens is 1. The van der Waals surface area contributed by atoms with Crippen LogP contribution in [0.1, 0.15) is 74.5 Å². The number of anilines is 1. The maximum Gasteiger partial charge on any atom is 0.225 e. The van der Waals surface area contributed by atoms with E-state index in [1.807, 2.05) is 18.3 Å². The first kappa shape index (κ1) is 24.7. The maximum atomic E-state index is 14.3. The number of hydrogen-bond acceptors (Lipinski definition) is 6. The summed E-state index contributed by atoms with van der Waals surface area (Å²) in [6.45, 7) is 4.28. The highest BCUT2D eigenvalue weighted by molar-refractivity contribution is 5.92. The zero-order valence-electron chi connectivity index (χ0n) is 21.1. The summed E-state index contributed by atoms with van der Waals surface area (Å²) >= 11 is 0. The number of halogens is 1. The fraction of sp³-hybridized carbons (Fsp3) is 0.571. The normalized spacial score (nSPS) is 19.8. The molecule has 8 heteroatoms. The maximum absolute atomic E-state index is 14.3. The van der Waals surface area contributed by atoms with Crippen molar-refractivity contribution in [1.82, 2.24) is 9.99 Å². The molecule has 2 atom stereocenters. The Bertz CT molecular complexity index is 1100. The zero-order valence-corrected chi connectivity index (χ0v) is 21.1. The van der Waals surface area contributed by atoms with Gasteiger partial charge in [-0.05, 0) is 79.7 Å². The molecule has 0 saturated heterocycles. The van der Waals surface area contributed by atoms with Crippen LogP contribution in [0.25, 0.3) is 0 Å². The van der Waals surface area contributed by atoms with Crippen molar-refractivity contribution < 1.29 is 13.9 Å². The number of carbonyl (C=O) groups is 1. The van der Waals surface area contributed by atoms with Crippen molar-refractivity contribution in [2.75, 3.05) is 25.0 Å². The summed E-state index contributed by atoms with van der Waals surface area (Å²) in [5.74, 6) is 1.69. The number of nitrogens with one attached hydrogen (secondary N) is 1. The summed E-state index contributed by atoms with van der Waals surface area (Å²) in [4.78, 5) is 16.0. The van der Waals surface area contributed by atoms with Crippen molar-refractivity contribution in [3.63, 3.8) is 0 Å². The van der Waals surface area contributed by atoms with E-state index in [0.29, 0.717) is 36.6 Å². The predicted octanol–water partition coefficient (Wildman–Crippen LogP) is 5.85. The van der Waals surface area contributed by atoms with Gasteiger partial charge in [-0.3, -0.25) is 9.80 Å². The molecule has 0 radical (unpaired) electrons. The number of hydrogen-bond donors (Lipinski definition) is 1. The van der Waals surface area contributed by atoms with Crippen molar-refractivity contribution in [3.05, 3.63) is 53.0 Å². The van der Waals surface area contributed by atoms with Gasteiger partial charge in [0.15, 0.2) is 11.6 Å². The van der Waals surface area contributed by atoms with Gasteiger partial charge in [0.25, 0.3) is 0 Å². The number of amides is 1. The summed E-state index contributed by atoms with van der Waals surface area (Å²) in [6.07, 6.45) is 10.7. The average molecular weight is 494 g/mol. The van der Waals surface area contributed by atoms with E-state index in [1.165, 1.54) is 24.5 Å². The van der Waals surface area contributed by atoms with Crippen molar-refractivity contribution in [3.8, 4) is 5.75 Å². The van der Waals surface area contributed by atoms with Crippen LogP contribution in [0.3, 0.4) is 0 Å². The van der Waals surface area contributed by atoms with E-state index in [-0.39, 0.29) is 17.6 Å². The van der Waals surface area contributed by atoms with Crippen LogP contribution in [0.4, 0.5) is 10.2 Å². The Balaban J connectivity index is 1.11. The van der Waals surface area contributed by atoms with Gasteiger partial charge in [0.05, 0.1) is 19.2 Å².